The molecule has 0 aromatic heterocycles. The highest BCUT2D eigenvalue weighted by Gasteiger charge is 2.03. The fourth-order valence-electron chi connectivity index (χ4n) is 1.12. The van der Waals surface area contributed by atoms with Gasteiger partial charge in [-0.2, -0.15) is 0 Å². The van der Waals surface area contributed by atoms with Crippen molar-refractivity contribution in [1.29, 1.82) is 0 Å². The van der Waals surface area contributed by atoms with Crippen molar-refractivity contribution in [2.75, 3.05) is 0 Å². The van der Waals surface area contributed by atoms with Crippen LogP contribution in [0, 0.1) is 0 Å². The Bertz CT molecular complexity index is 340. The third-order valence-electron chi connectivity index (χ3n) is 1.85. The van der Waals surface area contributed by atoms with Crippen molar-refractivity contribution < 1.29 is 9.90 Å². The van der Waals surface area contributed by atoms with E-state index < -0.39 is 0 Å². The zero-order valence-electron chi connectivity index (χ0n) is 7.58. The Hall–Kier alpha value is -1.57. The van der Waals surface area contributed by atoms with E-state index >= 15 is 0 Å². The molecule has 0 fully saturated rings. The van der Waals surface area contributed by atoms with E-state index in [-0.39, 0.29) is 11.5 Å². The molecular weight excluding hydrogens is 164 g/mol. The zero-order valence-corrected chi connectivity index (χ0v) is 7.58. The molecule has 1 aromatic carbocycles. The van der Waals surface area contributed by atoms with E-state index in [0.717, 1.165) is 5.56 Å². The summed E-state index contributed by atoms with van der Waals surface area (Å²) in [5.74, 6) is 0.218. The first-order valence-electron chi connectivity index (χ1n) is 4.09. The number of ketones is 1. The summed E-state index contributed by atoms with van der Waals surface area (Å²) in [4.78, 5) is 11.0. The van der Waals surface area contributed by atoms with Gasteiger partial charge >= 0.3 is 0 Å². The molecule has 1 N–H and O–H groups in total. The van der Waals surface area contributed by atoms with Crippen LogP contribution in [-0.4, -0.2) is 10.9 Å². The third kappa shape index (κ3) is 2.18. The number of hydrogen-bond acceptors (Lipinski definition) is 2. The molecule has 2 heteroatoms. The molecule has 1 aromatic rings. The molecule has 0 aliphatic rings. The van der Waals surface area contributed by atoms with Gasteiger partial charge in [-0.3, -0.25) is 4.79 Å². The van der Waals surface area contributed by atoms with Gasteiger partial charge < -0.3 is 5.11 Å². The number of phenolic OH excluding ortho intramolecular Hbond substituents is 1. The molecule has 0 saturated carbocycles. The molecule has 0 heterocycles. The summed E-state index contributed by atoms with van der Waals surface area (Å²) in [5.41, 5.74) is 1.36. The molecule has 1 rings (SSSR count). The summed E-state index contributed by atoms with van der Waals surface area (Å²) in [6.07, 6.45) is 2.27. The lowest BCUT2D eigenvalue weighted by Crippen LogP contribution is -1.93. The van der Waals surface area contributed by atoms with Crippen molar-refractivity contribution in [2.24, 2.45) is 0 Å². The summed E-state index contributed by atoms with van der Waals surface area (Å²) in [6, 6.07) is 4.85. The first-order valence-corrected chi connectivity index (χ1v) is 4.09. The van der Waals surface area contributed by atoms with Crippen LogP contribution in [0.1, 0.15) is 22.8 Å². The van der Waals surface area contributed by atoms with Gasteiger partial charge in [-0.15, -0.1) is 6.58 Å². The van der Waals surface area contributed by atoms with E-state index in [1.165, 1.54) is 13.0 Å². The van der Waals surface area contributed by atoms with Crippen LogP contribution in [0.2, 0.25) is 0 Å². The average molecular weight is 176 g/mol. The van der Waals surface area contributed by atoms with Crippen LogP contribution in [0.15, 0.2) is 30.9 Å². The minimum absolute atomic E-state index is 0.00492. The molecule has 0 aliphatic heterocycles. The maximum Gasteiger partial charge on any atom is 0.159 e. The summed E-state index contributed by atoms with van der Waals surface area (Å²) in [7, 11) is 0. The van der Waals surface area contributed by atoms with Crippen molar-refractivity contribution in [1.82, 2.24) is 0 Å². The molecule has 0 radical (unpaired) electrons. The lowest BCUT2D eigenvalue weighted by molar-refractivity contribution is 0.101. The summed E-state index contributed by atoms with van der Waals surface area (Å²) >= 11 is 0. The number of allylic oxidation sites excluding steroid dienone is 1. The molecule has 0 amide bonds. The monoisotopic (exact) mass is 176 g/mol. The van der Waals surface area contributed by atoms with Crippen LogP contribution in [0.4, 0.5) is 0 Å². The molecule has 0 saturated heterocycles. The first kappa shape index (κ1) is 9.52. The molecular formula is C11H12O2. The largest absolute Gasteiger partial charge is 0.508 e. The lowest BCUT2D eigenvalue weighted by atomic mass is 10.0. The highest BCUT2D eigenvalue weighted by molar-refractivity contribution is 5.94. The van der Waals surface area contributed by atoms with Crippen LogP contribution in [0.25, 0.3) is 0 Å². The number of carbonyl (C=O) groups excluding carboxylic acids is 1. The molecule has 13 heavy (non-hydrogen) atoms. The quantitative estimate of drug-likeness (QED) is 0.567. The van der Waals surface area contributed by atoms with E-state index in [9.17, 15) is 9.90 Å². The second-order valence-electron chi connectivity index (χ2n) is 2.89. The first-order chi connectivity index (χ1) is 6.15. The number of rotatable bonds is 3. The molecule has 68 valence electrons. The van der Waals surface area contributed by atoms with E-state index in [4.69, 9.17) is 0 Å². The highest BCUT2D eigenvalue weighted by atomic mass is 16.3. The fraction of sp³-hybridized carbons (Fsp3) is 0.182. The second kappa shape index (κ2) is 3.90. The van der Waals surface area contributed by atoms with Gasteiger partial charge in [-0.25, -0.2) is 0 Å². The van der Waals surface area contributed by atoms with E-state index in [1.54, 1.807) is 18.2 Å². The Morgan fingerprint density at radius 3 is 2.85 bits per heavy atom. The van der Waals surface area contributed by atoms with Crippen LogP contribution < -0.4 is 0 Å². The summed E-state index contributed by atoms with van der Waals surface area (Å²) in [6.45, 7) is 5.08. The number of phenols is 1. The van der Waals surface area contributed by atoms with Crippen LogP contribution in [0.5, 0.6) is 5.75 Å². The summed E-state index contributed by atoms with van der Waals surface area (Å²) in [5, 5.41) is 9.39. The number of hydrogen-bond donors (Lipinski definition) is 1. The minimum Gasteiger partial charge on any atom is -0.508 e. The van der Waals surface area contributed by atoms with Crippen molar-refractivity contribution in [2.45, 2.75) is 13.3 Å². The Labute approximate surface area is 77.5 Å². The van der Waals surface area contributed by atoms with E-state index in [1.807, 2.05) is 0 Å². The van der Waals surface area contributed by atoms with E-state index in [0.29, 0.717) is 12.0 Å². The molecule has 0 bridgehead atoms. The van der Waals surface area contributed by atoms with Gasteiger partial charge in [0.05, 0.1) is 0 Å². The lowest BCUT2D eigenvalue weighted by Gasteiger charge is -2.03. The zero-order chi connectivity index (χ0) is 9.84. The maximum atomic E-state index is 11.0. The SMILES string of the molecule is C=CCc1cc(C(C)=O)ccc1O. The van der Waals surface area contributed by atoms with Crippen molar-refractivity contribution >= 4 is 5.78 Å². The topological polar surface area (TPSA) is 37.3 Å². The Balaban J connectivity index is 3.10. The number of carbonyl (C=O) groups is 1. The molecule has 0 atom stereocenters. The standard InChI is InChI=1S/C11H12O2/c1-3-4-10-7-9(8(2)12)5-6-11(10)13/h3,5-7,13H,1,4H2,2H3. The van der Waals surface area contributed by atoms with Crippen LogP contribution >= 0.6 is 0 Å². The van der Waals surface area contributed by atoms with Crippen molar-refractivity contribution in [3.63, 3.8) is 0 Å². The van der Waals surface area contributed by atoms with Gasteiger partial charge in [0, 0.05) is 5.56 Å². The maximum absolute atomic E-state index is 11.0. The molecule has 0 spiro atoms. The third-order valence-corrected chi connectivity index (χ3v) is 1.85. The molecule has 0 unspecified atom stereocenters. The highest BCUT2D eigenvalue weighted by Crippen LogP contribution is 2.19. The predicted octanol–water partition coefficient (Wildman–Crippen LogP) is 2.32. The minimum atomic E-state index is 0.00492. The predicted molar refractivity (Wildman–Crippen MR) is 52.0 cm³/mol. The van der Waals surface area contributed by atoms with Crippen molar-refractivity contribution in [3.8, 4) is 5.75 Å². The second-order valence-corrected chi connectivity index (χ2v) is 2.89. The van der Waals surface area contributed by atoms with Crippen LogP contribution in [0.3, 0.4) is 0 Å². The molecule has 0 aliphatic carbocycles. The fourth-order valence-corrected chi connectivity index (χ4v) is 1.12. The van der Waals surface area contributed by atoms with Gasteiger partial charge in [0.1, 0.15) is 5.75 Å². The van der Waals surface area contributed by atoms with Gasteiger partial charge in [0.2, 0.25) is 0 Å². The Kier molecular flexibility index (Phi) is 2.85. The smallest absolute Gasteiger partial charge is 0.159 e. The Morgan fingerprint density at radius 2 is 2.31 bits per heavy atom. The number of aromatic hydroxyl groups is 1. The van der Waals surface area contributed by atoms with Crippen molar-refractivity contribution in [3.05, 3.63) is 42.0 Å². The van der Waals surface area contributed by atoms with Gasteiger partial charge in [-0.05, 0) is 37.1 Å². The number of benzene rings is 1. The normalized spacial score (nSPS) is 9.62. The number of Topliss-reactive ketones (excluding diaryl/α,β-unsaturated/α-hetero) is 1. The van der Waals surface area contributed by atoms with Gasteiger partial charge in [0.25, 0.3) is 0 Å². The van der Waals surface area contributed by atoms with Gasteiger partial charge in [0.15, 0.2) is 5.78 Å². The van der Waals surface area contributed by atoms with Crippen LogP contribution in [-0.2, 0) is 6.42 Å². The molecule has 2 nitrogen and oxygen atoms in total. The summed E-state index contributed by atoms with van der Waals surface area (Å²) < 4.78 is 0. The average Bonchev–Trinajstić information content (AvgIpc) is 2.08. The Morgan fingerprint density at radius 1 is 1.62 bits per heavy atom. The van der Waals surface area contributed by atoms with E-state index in [2.05, 4.69) is 6.58 Å². The van der Waals surface area contributed by atoms with Gasteiger partial charge in [-0.1, -0.05) is 6.08 Å².